The molecular weight excluding hydrogens is 346 g/mol. The molecule has 0 saturated carbocycles. The minimum atomic E-state index is -0.434. The molecule has 2 aliphatic rings. The van der Waals surface area contributed by atoms with Crippen molar-refractivity contribution in [3.63, 3.8) is 0 Å². The van der Waals surface area contributed by atoms with E-state index in [-0.39, 0.29) is 11.5 Å². The number of H-pyrrole nitrogens is 1. The molecule has 0 spiro atoms. The monoisotopic (exact) mass is 373 g/mol. The van der Waals surface area contributed by atoms with Crippen molar-refractivity contribution in [2.24, 2.45) is 10.9 Å². The lowest BCUT2D eigenvalue weighted by atomic mass is 9.63. The van der Waals surface area contributed by atoms with Crippen LogP contribution in [0, 0.1) is 5.92 Å². The highest BCUT2D eigenvalue weighted by atomic mass is 16.1. The van der Waals surface area contributed by atoms with Gasteiger partial charge in [0.2, 0.25) is 5.56 Å². The zero-order chi connectivity index (χ0) is 19.9. The van der Waals surface area contributed by atoms with Crippen LogP contribution in [0.3, 0.4) is 0 Å². The summed E-state index contributed by atoms with van der Waals surface area (Å²) in [5, 5.41) is 0. The fraction of sp³-hybridized carbons (Fsp3) is 0.333. The average molecular weight is 374 g/mol. The third kappa shape index (κ3) is 3.03. The molecule has 144 valence electrons. The van der Waals surface area contributed by atoms with E-state index in [0.717, 1.165) is 29.7 Å². The molecule has 1 heterocycles. The van der Waals surface area contributed by atoms with E-state index in [4.69, 9.17) is 4.99 Å². The second-order valence-electron chi connectivity index (χ2n) is 8.06. The smallest absolute Gasteiger partial charge is 0.248 e. The molecule has 28 heavy (non-hydrogen) atoms. The maximum atomic E-state index is 11.9. The normalized spacial score (nSPS) is 24.9. The zero-order valence-electron chi connectivity index (χ0n) is 17.0. The van der Waals surface area contributed by atoms with Crippen molar-refractivity contribution in [3.05, 3.63) is 86.9 Å². The number of fused-ring (bicyclic) bond motifs is 4. The molecule has 4 rings (SSSR count). The van der Waals surface area contributed by atoms with Crippen LogP contribution in [0.15, 0.2) is 69.5 Å². The van der Waals surface area contributed by atoms with Crippen molar-refractivity contribution in [2.45, 2.75) is 32.2 Å². The van der Waals surface area contributed by atoms with E-state index in [1.807, 2.05) is 26.4 Å². The number of hydrogen-bond acceptors (Lipinski definition) is 3. The molecular formula is C24H27N3O. The van der Waals surface area contributed by atoms with Crippen molar-refractivity contribution in [1.29, 1.82) is 0 Å². The Labute approximate surface area is 166 Å². The second-order valence-corrected chi connectivity index (χ2v) is 8.06. The van der Waals surface area contributed by atoms with Crippen molar-refractivity contribution in [2.75, 3.05) is 19.0 Å². The Morgan fingerprint density at radius 3 is 2.61 bits per heavy atom. The number of aromatic amines is 1. The van der Waals surface area contributed by atoms with Crippen LogP contribution in [0.4, 0.5) is 5.69 Å². The van der Waals surface area contributed by atoms with Crippen LogP contribution in [-0.2, 0) is 12.0 Å². The number of nitrogens with one attached hydrogen (secondary N) is 1. The molecule has 2 bridgehead atoms. The van der Waals surface area contributed by atoms with Gasteiger partial charge in [-0.25, -0.2) is 0 Å². The van der Waals surface area contributed by atoms with E-state index >= 15 is 0 Å². The Kier molecular flexibility index (Phi) is 4.58. The van der Waals surface area contributed by atoms with Gasteiger partial charge in [0.15, 0.2) is 0 Å². The molecule has 0 aliphatic heterocycles. The summed E-state index contributed by atoms with van der Waals surface area (Å²) in [6.07, 6.45) is 8.21. The molecule has 0 amide bonds. The zero-order valence-corrected chi connectivity index (χ0v) is 17.0. The lowest BCUT2D eigenvalue weighted by Crippen LogP contribution is -2.40. The highest BCUT2D eigenvalue weighted by Crippen LogP contribution is 2.51. The van der Waals surface area contributed by atoms with Crippen molar-refractivity contribution in [3.8, 4) is 0 Å². The lowest BCUT2D eigenvalue weighted by molar-refractivity contribution is 0.413. The van der Waals surface area contributed by atoms with Gasteiger partial charge in [0, 0.05) is 55.7 Å². The first-order chi connectivity index (χ1) is 13.4. The van der Waals surface area contributed by atoms with Gasteiger partial charge >= 0.3 is 0 Å². The Balaban J connectivity index is 1.83. The van der Waals surface area contributed by atoms with Gasteiger partial charge in [-0.1, -0.05) is 29.9 Å². The van der Waals surface area contributed by atoms with Gasteiger partial charge in [0.05, 0.1) is 0 Å². The van der Waals surface area contributed by atoms with Crippen molar-refractivity contribution < 1.29 is 0 Å². The number of aromatic nitrogens is 1. The Hall–Kier alpha value is -2.88. The molecule has 0 fully saturated rings. The molecule has 0 unspecified atom stereocenters. The van der Waals surface area contributed by atoms with Crippen molar-refractivity contribution >= 4 is 11.9 Å². The molecule has 4 heteroatoms. The number of allylic oxidation sites excluding steroid dienone is 2. The summed E-state index contributed by atoms with van der Waals surface area (Å²) in [5.41, 5.74) is 6.61. The average Bonchev–Trinajstić information content (AvgIpc) is 2.66. The van der Waals surface area contributed by atoms with Crippen LogP contribution in [0.1, 0.15) is 37.1 Å². The standard InChI is InChI=1S/C24H27N3O/c1-5-20-18-12-16(2)14-24(20,21-10-11-23(28)26-22(21)13-18)25-15-17-6-8-19(9-7-17)27(3)4/h5-12,15,18H,13-14H2,1-4H3,(H,26,28)/b20-5+,25-15?/t18-,24+/m0/s1. The van der Waals surface area contributed by atoms with Gasteiger partial charge in [-0.3, -0.25) is 9.79 Å². The van der Waals surface area contributed by atoms with E-state index in [0.29, 0.717) is 0 Å². The lowest BCUT2D eigenvalue weighted by Gasteiger charge is -2.45. The number of benzene rings is 1. The SMILES string of the molecule is C/C=C1\[C@H]2C=C(C)C[C@]1(N=Cc1ccc(N(C)C)cc1)c1ccc(=O)[nH]c1C2. The first-order valence-corrected chi connectivity index (χ1v) is 9.82. The molecule has 2 aliphatic carbocycles. The number of rotatable bonds is 3. The Morgan fingerprint density at radius 1 is 1.18 bits per heavy atom. The van der Waals surface area contributed by atoms with Gasteiger partial charge in [-0.2, -0.15) is 0 Å². The third-order valence-corrected chi connectivity index (χ3v) is 5.92. The van der Waals surface area contributed by atoms with Crippen molar-refractivity contribution in [1.82, 2.24) is 4.98 Å². The Morgan fingerprint density at radius 2 is 1.93 bits per heavy atom. The van der Waals surface area contributed by atoms with Gasteiger partial charge in [-0.05, 0) is 49.6 Å². The fourth-order valence-corrected chi connectivity index (χ4v) is 4.70. The van der Waals surface area contributed by atoms with Crippen LogP contribution < -0.4 is 10.5 Å². The maximum Gasteiger partial charge on any atom is 0.248 e. The first-order valence-electron chi connectivity index (χ1n) is 9.82. The van der Waals surface area contributed by atoms with Crippen LogP contribution in [-0.4, -0.2) is 25.3 Å². The second kappa shape index (κ2) is 6.93. The number of nitrogens with zero attached hydrogens (tertiary/aromatic N) is 2. The number of anilines is 1. The highest BCUT2D eigenvalue weighted by molar-refractivity contribution is 5.81. The number of pyridine rings is 1. The third-order valence-electron chi connectivity index (χ3n) is 5.92. The van der Waals surface area contributed by atoms with E-state index in [1.165, 1.54) is 16.8 Å². The minimum absolute atomic E-state index is 0.0418. The summed E-state index contributed by atoms with van der Waals surface area (Å²) in [6, 6.07) is 12.0. The first kappa shape index (κ1) is 18.5. The molecule has 2 atom stereocenters. The minimum Gasteiger partial charge on any atom is -0.378 e. The summed E-state index contributed by atoms with van der Waals surface area (Å²) in [5.74, 6) is 0.289. The summed E-state index contributed by atoms with van der Waals surface area (Å²) < 4.78 is 0. The predicted octanol–water partition coefficient (Wildman–Crippen LogP) is 4.22. The molecule has 1 aromatic carbocycles. The quantitative estimate of drug-likeness (QED) is 0.647. The number of aliphatic imine (C=N–C) groups is 1. The fourth-order valence-electron chi connectivity index (χ4n) is 4.70. The van der Waals surface area contributed by atoms with E-state index < -0.39 is 5.54 Å². The van der Waals surface area contributed by atoms with Gasteiger partial charge in [0.25, 0.3) is 0 Å². The van der Waals surface area contributed by atoms with Gasteiger partial charge < -0.3 is 9.88 Å². The molecule has 4 nitrogen and oxygen atoms in total. The molecule has 2 aromatic rings. The van der Waals surface area contributed by atoms with E-state index in [2.05, 4.69) is 60.1 Å². The van der Waals surface area contributed by atoms with Crippen LogP contribution in [0.25, 0.3) is 0 Å². The largest absolute Gasteiger partial charge is 0.378 e. The summed E-state index contributed by atoms with van der Waals surface area (Å²) in [6.45, 7) is 4.29. The molecule has 1 aromatic heterocycles. The Bertz CT molecular complexity index is 1040. The molecule has 0 saturated heterocycles. The summed E-state index contributed by atoms with van der Waals surface area (Å²) >= 11 is 0. The van der Waals surface area contributed by atoms with E-state index in [1.54, 1.807) is 6.07 Å². The van der Waals surface area contributed by atoms with Gasteiger partial charge in [0.1, 0.15) is 5.54 Å². The topological polar surface area (TPSA) is 48.5 Å². The summed E-state index contributed by atoms with van der Waals surface area (Å²) in [7, 11) is 4.08. The van der Waals surface area contributed by atoms with E-state index in [9.17, 15) is 4.79 Å². The van der Waals surface area contributed by atoms with Gasteiger partial charge in [-0.15, -0.1) is 0 Å². The summed E-state index contributed by atoms with van der Waals surface area (Å²) in [4.78, 5) is 22.3. The van der Waals surface area contributed by atoms with Crippen LogP contribution in [0.5, 0.6) is 0 Å². The molecule has 0 radical (unpaired) electrons. The van der Waals surface area contributed by atoms with Crippen LogP contribution >= 0.6 is 0 Å². The van der Waals surface area contributed by atoms with Crippen LogP contribution in [0.2, 0.25) is 0 Å². The number of hydrogen-bond donors (Lipinski definition) is 1. The highest BCUT2D eigenvalue weighted by Gasteiger charge is 2.46. The maximum absolute atomic E-state index is 11.9. The predicted molar refractivity (Wildman–Crippen MR) is 116 cm³/mol. The molecule has 1 N–H and O–H groups in total.